The van der Waals surface area contributed by atoms with Crippen molar-refractivity contribution in [1.82, 2.24) is 0 Å². The quantitative estimate of drug-likeness (QED) is 0.133. The van der Waals surface area contributed by atoms with Gasteiger partial charge in [0.15, 0.2) is 5.84 Å². The van der Waals surface area contributed by atoms with E-state index in [0.717, 1.165) is 35.5 Å². The smallest absolute Gasteiger partial charge is 0.248 e. The zero-order chi connectivity index (χ0) is 23.8. The van der Waals surface area contributed by atoms with Gasteiger partial charge in [0.25, 0.3) is 0 Å². The summed E-state index contributed by atoms with van der Waals surface area (Å²) in [5.41, 5.74) is 10.3. The number of carbonyl (C=O) groups is 1. The number of oxime groups is 1. The van der Waals surface area contributed by atoms with Gasteiger partial charge in [-0.1, -0.05) is 35.5 Å². The molecule has 0 saturated carbocycles. The van der Waals surface area contributed by atoms with E-state index in [2.05, 4.69) is 29.2 Å². The van der Waals surface area contributed by atoms with Crippen molar-refractivity contribution in [3.05, 3.63) is 83.9 Å². The summed E-state index contributed by atoms with van der Waals surface area (Å²) < 4.78 is 0. The van der Waals surface area contributed by atoms with Crippen LogP contribution in [-0.2, 0) is 4.79 Å². The molecule has 33 heavy (non-hydrogen) atoms. The highest BCUT2D eigenvalue weighted by molar-refractivity contribution is 6.09. The number of benzene rings is 3. The summed E-state index contributed by atoms with van der Waals surface area (Å²) in [5, 5.41) is 24.5. The highest BCUT2D eigenvalue weighted by atomic mass is 16.4. The maximum Gasteiger partial charge on any atom is 0.248 e. The summed E-state index contributed by atoms with van der Waals surface area (Å²) in [6, 6.07) is 19.9. The second kappa shape index (κ2) is 10.9. The summed E-state index contributed by atoms with van der Waals surface area (Å²) in [4.78, 5) is 14.9. The molecule has 7 nitrogen and oxygen atoms in total. The molecule has 0 aromatic heterocycles. The minimum absolute atomic E-state index is 0.113. The molecule has 0 fully saturated rings. The molecule has 1 amide bonds. The van der Waals surface area contributed by atoms with E-state index < -0.39 is 0 Å². The van der Waals surface area contributed by atoms with Crippen LogP contribution < -0.4 is 16.0 Å². The lowest BCUT2D eigenvalue weighted by Crippen LogP contribution is -2.21. The van der Waals surface area contributed by atoms with Gasteiger partial charge in [0.05, 0.1) is 5.69 Å². The van der Waals surface area contributed by atoms with Crippen molar-refractivity contribution >= 4 is 29.2 Å². The Labute approximate surface area is 193 Å². The minimum Gasteiger partial charge on any atom is -0.508 e. The largest absolute Gasteiger partial charge is 0.508 e. The van der Waals surface area contributed by atoms with Gasteiger partial charge < -0.3 is 26.3 Å². The Bertz CT molecular complexity index is 1170. The number of hydrogen-bond donors (Lipinski definition) is 4. The van der Waals surface area contributed by atoms with Crippen LogP contribution in [0.4, 0.5) is 11.4 Å². The molecule has 0 bridgehead atoms. The molecule has 0 heterocycles. The van der Waals surface area contributed by atoms with E-state index in [-0.39, 0.29) is 17.5 Å². The lowest BCUT2D eigenvalue weighted by atomic mass is 10.0. The molecule has 0 radical (unpaired) electrons. The van der Waals surface area contributed by atoms with Gasteiger partial charge in [-0.05, 0) is 73.0 Å². The first-order chi connectivity index (χ1) is 15.9. The summed E-state index contributed by atoms with van der Waals surface area (Å²) in [7, 11) is 0. The Balaban J connectivity index is 1.85. The van der Waals surface area contributed by atoms with Crippen molar-refractivity contribution < 1.29 is 15.1 Å². The number of aromatic hydroxyl groups is 1. The van der Waals surface area contributed by atoms with E-state index in [4.69, 9.17) is 10.9 Å². The van der Waals surface area contributed by atoms with Gasteiger partial charge in [0, 0.05) is 30.4 Å². The minimum atomic E-state index is -0.349. The molecule has 0 atom stereocenters. The molecule has 5 N–H and O–H groups in total. The monoisotopic (exact) mass is 444 g/mol. The topological polar surface area (TPSA) is 111 Å². The Morgan fingerprint density at radius 1 is 1.03 bits per heavy atom. The molecule has 0 aliphatic heterocycles. The van der Waals surface area contributed by atoms with Gasteiger partial charge in [-0.25, -0.2) is 0 Å². The maximum absolute atomic E-state index is 12.7. The molecule has 3 aromatic carbocycles. The molecule has 3 rings (SSSR count). The summed E-state index contributed by atoms with van der Waals surface area (Å²) in [6.45, 7) is 6.01. The third-order valence-electron chi connectivity index (χ3n) is 5.29. The summed E-state index contributed by atoms with van der Waals surface area (Å²) >= 11 is 0. The number of carbonyl (C=O) groups excluding carboxylic acids is 1. The van der Waals surface area contributed by atoms with E-state index in [1.54, 1.807) is 48.5 Å². The third kappa shape index (κ3) is 5.92. The van der Waals surface area contributed by atoms with E-state index in [1.807, 2.05) is 24.3 Å². The van der Waals surface area contributed by atoms with E-state index in [9.17, 15) is 9.90 Å². The molecule has 0 spiro atoms. The molecule has 0 aliphatic carbocycles. The number of nitrogens with zero attached hydrogens (tertiary/aromatic N) is 2. The van der Waals surface area contributed by atoms with Gasteiger partial charge in [0.2, 0.25) is 5.91 Å². The van der Waals surface area contributed by atoms with Crippen LogP contribution in [0.3, 0.4) is 0 Å². The van der Waals surface area contributed by atoms with Gasteiger partial charge >= 0.3 is 0 Å². The second-order valence-corrected chi connectivity index (χ2v) is 7.38. The number of amides is 1. The van der Waals surface area contributed by atoms with E-state index in [0.29, 0.717) is 11.3 Å². The Hall–Kier alpha value is -4.26. The van der Waals surface area contributed by atoms with Crippen molar-refractivity contribution in [2.45, 2.75) is 13.8 Å². The van der Waals surface area contributed by atoms with E-state index in [1.165, 1.54) is 6.08 Å². The number of phenolic OH excluding ortho intramolecular Hbond substituents is 1. The number of nitrogens with two attached hydrogens (primary N) is 1. The maximum atomic E-state index is 12.7. The van der Waals surface area contributed by atoms with Crippen LogP contribution in [0, 0.1) is 0 Å². The first kappa shape index (κ1) is 23.4. The number of amidine groups is 1. The third-order valence-corrected chi connectivity index (χ3v) is 5.29. The van der Waals surface area contributed by atoms with Crippen molar-refractivity contribution in [2.75, 3.05) is 23.3 Å². The number of rotatable bonds is 8. The zero-order valence-electron chi connectivity index (χ0n) is 18.7. The summed E-state index contributed by atoms with van der Waals surface area (Å²) in [5.74, 6) is -0.299. The SMILES string of the molecule is CCN(CC)c1cccc(/C=C/C(=O)Nc2cc(-c3ccc(O)cc3)ccc2/C(N)=N/O)c1. The highest BCUT2D eigenvalue weighted by Crippen LogP contribution is 2.27. The van der Waals surface area contributed by atoms with Gasteiger partial charge in [-0.2, -0.15) is 0 Å². The standard InChI is InChI=1S/C26H28N4O3/c1-3-30(4-2)21-7-5-6-18(16-21)8-15-25(32)28-24-17-20(11-14-23(24)26(27)29-33)19-9-12-22(31)13-10-19/h5-17,31,33H,3-4H2,1-2H3,(H2,27,29)(H,28,32)/b15-8+. The second-order valence-electron chi connectivity index (χ2n) is 7.38. The van der Waals surface area contributed by atoms with Crippen LogP contribution in [0.25, 0.3) is 17.2 Å². The van der Waals surface area contributed by atoms with Gasteiger partial charge in [-0.15, -0.1) is 0 Å². The fraction of sp³-hybridized carbons (Fsp3) is 0.154. The molecule has 3 aromatic rings. The molecule has 7 heteroatoms. The molecule has 0 saturated heterocycles. The Kier molecular flexibility index (Phi) is 7.70. The molecule has 0 unspecified atom stereocenters. The molecule has 0 aliphatic rings. The first-order valence-electron chi connectivity index (χ1n) is 10.7. The normalized spacial score (nSPS) is 11.5. The van der Waals surface area contributed by atoms with Crippen molar-refractivity contribution in [3.8, 4) is 16.9 Å². The van der Waals surface area contributed by atoms with Crippen molar-refractivity contribution in [3.63, 3.8) is 0 Å². The van der Waals surface area contributed by atoms with Crippen molar-refractivity contribution in [1.29, 1.82) is 0 Å². The average molecular weight is 445 g/mol. The lowest BCUT2D eigenvalue weighted by Gasteiger charge is -2.21. The first-order valence-corrected chi connectivity index (χ1v) is 10.7. The summed E-state index contributed by atoms with van der Waals surface area (Å²) in [6.07, 6.45) is 3.19. The van der Waals surface area contributed by atoms with Crippen LogP contribution in [0.1, 0.15) is 25.0 Å². The Morgan fingerprint density at radius 3 is 2.39 bits per heavy atom. The zero-order valence-corrected chi connectivity index (χ0v) is 18.7. The number of hydrogen-bond acceptors (Lipinski definition) is 5. The predicted octanol–water partition coefficient (Wildman–Crippen LogP) is 4.65. The van der Waals surface area contributed by atoms with Crippen LogP contribution in [-0.4, -0.2) is 35.1 Å². The van der Waals surface area contributed by atoms with Crippen LogP contribution in [0.2, 0.25) is 0 Å². The van der Waals surface area contributed by atoms with Gasteiger partial charge in [-0.3, -0.25) is 4.79 Å². The molecular formula is C26H28N4O3. The average Bonchev–Trinajstić information content (AvgIpc) is 2.84. The highest BCUT2D eigenvalue weighted by Gasteiger charge is 2.11. The number of phenols is 1. The molecular weight excluding hydrogens is 416 g/mol. The van der Waals surface area contributed by atoms with Gasteiger partial charge in [0.1, 0.15) is 5.75 Å². The number of nitrogens with one attached hydrogen (secondary N) is 1. The fourth-order valence-electron chi connectivity index (χ4n) is 3.52. The van der Waals surface area contributed by atoms with Crippen molar-refractivity contribution in [2.24, 2.45) is 10.9 Å². The Morgan fingerprint density at radius 2 is 1.73 bits per heavy atom. The van der Waals surface area contributed by atoms with Crippen LogP contribution >= 0.6 is 0 Å². The van der Waals surface area contributed by atoms with E-state index >= 15 is 0 Å². The fourth-order valence-corrected chi connectivity index (χ4v) is 3.52. The molecule has 170 valence electrons. The van der Waals surface area contributed by atoms with Crippen LogP contribution in [0.5, 0.6) is 5.75 Å². The number of anilines is 2. The van der Waals surface area contributed by atoms with Crippen LogP contribution in [0.15, 0.2) is 78.0 Å². The predicted molar refractivity (Wildman–Crippen MR) is 134 cm³/mol. The lowest BCUT2D eigenvalue weighted by molar-refractivity contribution is -0.111.